The van der Waals surface area contributed by atoms with E-state index in [1.807, 2.05) is 23.6 Å². The van der Waals surface area contributed by atoms with Crippen molar-refractivity contribution in [3.63, 3.8) is 0 Å². The average Bonchev–Trinajstić information content (AvgIpc) is 2.84. The zero-order valence-corrected chi connectivity index (χ0v) is 12.8. The number of hydrogen-bond donors (Lipinski definition) is 0. The molecule has 0 aromatic carbocycles. The van der Waals surface area contributed by atoms with Crippen LogP contribution in [-0.4, -0.2) is 10.2 Å². The summed E-state index contributed by atoms with van der Waals surface area (Å²) < 4.78 is 6.06. The lowest BCUT2D eigenvalue weighted by molar-refractivity contribution is 0.477. The molecule has 0 saturated heterocycles. The van der Waals surface area contributed by atoms with Gasteiger partial charge in [0.05, 0.1) is 4.88 Å². The molecule has 6 heteroatoms. The first kappa shape index (κ1) is 13.2. The van der Waals surface area contributed by atoms with Gasteiger partial charge in [-0.15, -0.1) is 21.5 Å². The summed E-state index contributed by atoms with van der Waals surface area (Å²) in [4.78, 5) is 0.986. The van der Waals surface area contributed by atoms with Gasteiger partial charge in [0.15, 0.2) is 0 Å². The maximum Gasteiger partial charge on any atom is 0.257 e. The monoisotopic (exact) mass is 314 g/mol. The molecule has 19 heavy (non-hydrogen) atoms. The Kier molecular flexibility index (Phi) is 3.20. The minimum atomic E-state index is 0.0499. The molecular formula is C13H12Cl2N2OS. The van der Waals surface area contributed by atoms with Gasteiger partial charge in [-0.1, -0.05) is 43.1 Å². The number of hydrogen-bond acceptors (Lipinski definition) is 4. The summed E-state index contributed by atoms with van der Waals surface area (Å²) in [6, 6.07) is 3.93. The Morgan fingerprint density at radius 2 is 2.21 bits per heavy atom. The van der Waals surface area contributed by atoms with Crippen molar-refractivity contribution in [2.75, 3.05) is 0 Å². The first-order valence-corrected chi connectivity index (χ1v) is 7.54. The number of rotatable bonds is 3. The van der Waals surface area contributed by atoms with Crippen LogP contribution in [0.15, 0.2) is 32.5 Å². The third kappa shape index (κ3) is 2.33. The third-order valence-electron chi connectivity index (χ3n) is 3.65. The van der Waals surface area contributed by atoms with E-state index in [9.17, 15) is 0 Å². The Morgan fingerprint density at radius 3 is 2.84 bits per heavy atom. The largest absolute Gasteiger partial charge is 0.420 e. The van der Waals surface area contributed by atoms with Gasteiger partial charge >= 0.3 is 0 Å². The van der Waals surface area contributed by atoms with E-state index in [4.69, 9.17) is 27.6 Å². The van der Waals surface area contributed by atoms with Gasteiger partial charge in [-0.2, -0.15) is 0 Å². The third-order valence-corrected chi connectivity index (χ3v) is 4.76. The van der Waals surface area contributed by atoms with Crippen LogP contribution in [0, 0.1) is 11.3 Å². The highest BCUT2D eigenvalue weighted by Crippen LogP contribution is 2.65. The molecule has 3 nitrogen and oxygen atoms in total. The standard InChI is InChI=1S/C13H12Cl2N2OS/c1-13(2)7(6-9(14)15)10(13)12-17-16-11(18-12)8-4-3-5-19-8/h3-7,10H,1-2H3/t7-,10+/m0/s1. The van der Waals surface area contributed by atoms with Gasteiger partial charge in [0, 0.05) is 5.92 Å². The Morgan fingerprint density at radius 1 is 1.42 bits per heavy atom. The van der Waals surface area contributed by atoms with Crippen molar-refractivity contribution < 1.29 is 4.42 Å². The summed E-state index contributed by atoms with van der Waals surface area (Å²) in [7, 11) is 0. The highest BCUT2D eigenvalue weighted by Gasteiger charge is 2.60. The normalized spacial score (nSPS) is 24.2. The molecule has 0 N–H and O–H groups in total. The molecule has 2 aromatic rings. The van der Waals surface area contributed by atoms with Crippen molar-refractivity contribution in [2.24, 2.45) is 11.3 Å². The van der Waals surface area contributed by atoms with E-state index in [1.165, 1.54) is 0 Å². The van der Waals surface area contributed by atoms with Gasteiger partial charge in [0.2, 0.25) is 5.89 Å². The number of halogens is 2. The highest BCUT2D eigenvalue weighted by atomic mass is 35.5. The lowest BCUT2D eigenvalue weighted by Crippen LogP contribution is -1.90. The fraction of sp³-hybridized carbons (Fsp3) is 0.385. The zero-order chi connectivity index (χ0) is 13.6. The lowest BCUT2D eigenvalue weighted by atomic mass is 10.1. The average molecular weight is 315 g/mol. The molecule has 2 atom stereocenters. The predicted octanol–water partition coefficient (Wildman–Crippen LogP) is 4.86. The first-order chi connectivity index (χ1) is 9.00. The van der Waals surface area contributed by atoms with E-state index in [1.54, 1.807) is 11.3 Å². The molecule has 0 unspecified atom stereocenters. The SMILES string of the molecule is CC1(C)[C@@H](C=C(Cl)Cl)[C@@H]1c1nnc(-c2cccs2)o1. The van der Waals surface area contributed by atoms with Crippen LogP contribution in [0.4, 0.5) is 0 Å². The number of nitrogens with zero attached hydrogens (tertiary/aromatic N) is 2. The van der Waals surface area contributed by atoms with E-state index in [-0.39, 0.29) is 17.3 Å². The molecule has 1 fully saturated rings. The first-order valence-electron chi connectivity index (χ1n) is 5.90. The fourth-order valence-corrected chi connectivity index (χ4v) is 3.37. The maximum atomic E-state index is 5.77. The smallest absolute Gasteiger partial charge is 0.257 e. The quantitative estimate of drug-likeness (QED) is 0.812. The molecule has 1 saturated carbocycles. The van der Waals surface area contributed by atoms with Crippen molar-refractivity contribution in [2.45, 2.75) is 19.8 Å². The zero-order valence-electron chi connectivity index (χ0n) is 10.4. The molecule has 100 valence electrons. The topological polar surface area (TPSA) is 38.9 Å². The van der Waals surface area contributed by atoms with Crippen LogP contribution in [-0.2, 0) is 0 Å². The molecule has 2 aromatic heterocycles. The summed E-state index contributed by atoms with van der Waals surface area (Å²) in [5.41, 5.74) is 0.0499. The Balaban J connectivity index is 1.87. The summed E-state index contributed by atoms with van der Waals surface area (Å²) in [5.74, 6) is 1.66. The minimum Gasteiger partial charge on any atom is -0.420 e. The summed E-state index contributed by atoms with van der Waals surface area (Å²) in [6.45, 7) is 4.29. The van der Waals surface area contributed by atoms with Crippen LogP contribution in [0.1, 0.15) is 25.7 Å². The van der Waals surface area contributed by atoms with Crippen molar-refractivity contribution >= 4 is 34.5 Å². The van der Waals surface area contributed by atoms with Crippen molar-refractivity contribution in [3.05, 3.63) is 34.0 Å². The second-order valence-corrected chi connectivity index (χ2v) is 7.16. The Hall–Kier alpha value is -0.840. The van der Waals surface area contributed by atoms with E-state index in [2.05, 4.69) is 24.0 Å². The van der Waals surface area contributed by atoms with Gasteiger partial charge in [-0.3, -0.25) is 0 Å². The van der Waals surface area contributed by atoms with Gasteiger partial charge in [-0.25, -0.2) is 0 Å². The van der Waals surface area contributed by atoms with Gasteiger partial charge in [-0.05, 0) is 28.9 Å². The second-order valence-electron chi connectivity index (χ2n) is 5.20. The molecule has 3 rings (SSSR count). The maximum absolute atomic E-state index is 5.77. The minimum absolute atomic E-state index is 0.0499. The molecule has 0 spiro atoms. The van der Waals surface area contributed by atoms with Crippen LogP contribution in [0.25, 0.3) is 10.8 Å². The predicted molar refractivity (Wildman–Crippen MR) is 77.4 cm³/mol. The van der Waals surface area contributed by atoms with Crippen LogP contribution < -0.4 is 0 Å². The Labute approximate surface area is 125 Å². The summed E-state index contributed by atoms with van der Waals surface area (Å²) in [5, 5.41) is 10.3. The van der Waals surface area contributed by atoms with Crippen LogP contribution in [0.2, 0.25) is 0 Å². The molecule has 0 radical (unpaired) electrons. The van der Waals surface area contributed by atoms with Gasteiger partial charge < -0.3 is 4.42 Å². The van der Waals surface area contributed by atoms with E-state index in [0.29, 0.717) is 16.3 Å². The molecule has 0 bridgehead atoms. The number of allylic oxidation sites excluding steroid dienone is 1. The van der Waals surface area contributed by atoms with E-state index in [0.717, 1.165) is 4.88 Å². The summed E-state index contributed by atoms with van der Waals surface area (Å²) >= 11 is 13.1. The molecule has 0 aliphatic heterocycles. The summed E-state index contributed by atoms with van der Waals surface area (Å²) in [6.07, 6.45) is 1.85. The Bertz CT molecular complexity index is 614. The molecule has 1 aliphatic carbocycles. The highest BCUT2D eigenvalue weighted by molar-refractivity contribution is 7.13. The lowest BCUT2D eigenvalue weighted by Gasteiger charge is -1.96. The molecule has 1 aliphatic rings. The van der Waals surface area contributed by atoms with Crippen molar-refractivity contribution in [1.29, 1.82) is 0 Å². The van der Waals surface area contributed by atoms with Crippen LogP contribution >= 0.6 is 34.5 Å². The second kappa shape index (κ2) is 4.62. The molecule has 0 amide bonds. The van der Waals surface area contributed by atoms with Gasteiger partial charge in [0.1, 0.15) is 4.49 Å². The number of aromatic nitrogens is 2. The van der Waals surface area contributed by atoms with E-state index >= 15 is 0 Å². The molecular weight excluding hydrogens is 303 g/mol. The van der Waals surface area contributed by atoms with Crippen molar-refractivity contribution in [3.8, 4) is 10.8 Å². The number of thiophene rings is 1. The van der Waals surface area contributed by atoms with Crippen LogP contribution in [0.3, 0.4) is 0 Å². The van der Waals surface area contributed by atoms with E-state index < -0.39 is 0 Å². The van der Waals surface area contributed by atoms with Gasteiger partial charge in [0.25, 0.3) is 5.89 Å². The van der Waals surface area contributed by atoms with Crippen LogP contribution in [0.5, 0.6) is 0 Å². The van der Waals surface area contributed by atoms with Crippen molar-refractivity contribution in [1.82, 2.24) is 10.2 Å². The molecule has 2 heterocycles. The fourth-order valence-electron chi connectivity index (χ4n) is 2.46.